The zero-order valence-electron chi connectivity index (χ0n) is 26.3. The number of benzene rings is 2. The molecule has 2 aromatic carbocycles. The van der Waals surface area contributed by atoms with E-state index in [1.54, 1.807) is 31.2 Å². The van der Waals surface area contributed by atoms with Crippen LogP contribution in [-0.2, 0) is 19.1 Å². The molecule has 1 aliphatic rings. The van der Waals surface area contributed by atoms with Crippen LogP contribution in [0.15, 0.2) is 24.3 Å². The Morgan fingerprint density at radius 3 is 2.29 bits per heavy atom. The molecule has 3 rings (SSSR count). The SMILES string of the molecule is COc1cc(C(CC(=O)NC(C)C(N)=O)c2c(O)cc3c(c2O)C(=O)OC(C)CCCC(=O)CCCC=C3)cc(OC)c1OC. The summed E-state index contributed by atoms with van der Waals surface area (Å²) in [6.07, 6.45) is 5.34. The highest BCUT2D eigenvalue weighted by atomic mass is 16.5. The van der Waals surface area contributed by atoms with E-state index in [1.807, 2.05) is 0 Å². The molecule has 0 fully saturated rings. The summed E-state index contributed by atoms with van der Waals surface area (Å²) in [6, 6.07) is 3.44. The van der Waals surface area contributed by atoms with Gasteiger partial charge in [0, 0.05) is 30.7 Å². The highest BCUT2D eigenvalue weighted by Crippen LogP contribution is 2.47. The summed E-state index contributed by atoms with van der Waals surface area (Å²) >= 11 is 0. The van der Waals surface area contributed by atoms with Crippen molar-refractivity contribution < 1.29 is 48.3 Å². The van der Waals surface area contributed by atoms with Crippen molar-refractivity contribution in [2.24, 2.45) is 5.73 Å². The molecule has 0 saturated heterocycles. The highest BCUT2D eigenvalue weighted by Gasteiger charge is 2.32. The summed E-state index contributed by atoms with van der Waals surface area (Å²) in [5.74, 6) is -3.36. The number of amides is 2. The Bertz CT molecular complexity index is 1430. The van der Waals surface area contributed by atoms with Gasteiger partial charge in [-0.2, -0.15) is 0 Å². The van der Waals surface area contributed by atoms with Gasteiger partial charge in [0.2, 0.25) is 17.6 Å². The topological polar surface area (TPSA) is 184 Å². The number of Topliss-reactive ketones (excluding diaryl/α,β-unsaturated/α-hetero) is 1. The largest absolute Gasteiger partial charge is 0.507 e. The van der Waals surface area contributed by atoms with Crippen LogP contribution in [0.25, 0.3) is 6.08 Å². The van der Waals surface area contributed by atoms with Gasteiger partial charge in [0.05, 0.1) is 27.4 Å². The highest BCUT2D eigenvalue weighted by molar-refractivity contribution is 5.98. The van der Waals surface area contributed by atoms with Gasteiger partial charge in [0.25, 0.3) is 0 Å². The number of ketones is 1. The zero-order valence-corrected chi connectivity index (χ0v) is 26.3. The second-order valence-electron chi connectivity index (χ2n) is 11.0. The van der Waals surface area contributed by atoms with Crippen molar-refractivity contribution in [2.45, 2.75) is 76.9 Å². The lowest BCUT2D eigenvalue weighted by Crippen LogP contribution is -2.42. The number of carbonyl (C=O) groups is 4. The smallest absolute Gasteiger partial charge is 0.342 e. The van der Waals surface area contributed by atoms with E-state index in [9.17, 15) is 29.4 Å². The summed E-state index contributed by atoms with van der Waals surface area (Å²) in [6.45, 7) is 3.13. The molecule has 1 heterocycles. The first kappa shape index (κ1) is 34.7. The second-order valence-corrected chi connectivity index (χ2v) is 11.0. The molecule has 0 aromatic heterocycles. The fraction of sp³-hybridized carbons (Fsp3) is 0.455. The van der Waals surface area contributed by atoms with Crippen molar-refractivity contribution in [2.75, 3.05) is 21.3 Å². The molecule has 5 N–H and O–H groups in total. The van der Waals surface area contributed by atoms with Gasteiger partial charge in [-0.25, -0.2) is 4.79 Å². The van der Waals surface area contributed by atoms with Crippen molar-refractivity contribution in [3.63, 3.8) is 0 Å². The fourth-order valence-electron chi connectivity index (χ4n) is 5.27. The normalized spacial score (nSPS) is 17.2. The van der Waals surface area contributed by atoms with E-state index in [0.717, 1.165) is 0 Å². The maximum absolute atomic E-state index is 13.6. The lowest BCUT2D eigenvalue weighted by atomic mass is 9.84. The number of primary amides is 1. The first-order chi connectivity index (χ1) is 21.4. The number of hydrogen-bond donors (Lipinski definition) is 4. The molecule has 0 radical (unpaired) electrons. The van der Waals surface area contributed by atoms with Gasteiger partial charge in [-0.3, -0.25) is 14.4 Å². The number of nitrogens with two attached hydrogens (primary N) is 1. The van der Waals surface area contributed by atoms with Crippen LogP contribution in [0, 0.1) is 0 Å². The molecule has 0 bridgehead atoms. The van der Waals surface area contributed by atoms with Crippen LogP contribution >= 0.6 is 0 Å². The Labute approximate surface area is 262 Å². The standard InChI is InChI=1S/C33H42N2O10/c1-18-10-9-13-22(36)12-8-6-7-11-20-14-24(37)29(30(39)28(20)33(41)45-18)23(17-27(38)35-19(2)32(34)40)21-15-25(42-3)31(44-5)26(16-21)43-4/h7,11,14-16,18-19,23,37,39H,6,8-10,12-13,17H2,1-5H3,(H2,34,40)(H,35,38). The summed E-state index contributed by atoms with van der Waals surface area (Å²) in [4.78, 5) is 50.6. The van der Waals surface area contributed by atoms with Gasteiger partial charge in [0.1, 0.15) is 28.9 Å². The van der Waals surface area contributed by atoms with Crippen LogP contribution in [-0.4, -0.2) is 67.3 Å². The van der Waals surface area contributed by atoms with Gasteiger partial charge in [-0.1, -0.05) is 12.2 Å². The Kier molecular flexibility index (Phi) is 12.2. The van der Waals surface area contributed by atoms with Crippen LogP contribution in [0.5, 0.6) is 28.7 Å². The summed E-state index contributed by atoms with van der Waals surface area (Å²) in [5.41, 5.74) is 5.58. The number of methoxy groups -OCH3 is 3. The maximum atomic E-state index is 13.6. The summed E-state index contributed by atoms with van der Waals surface area (Å²) in [5, 5.41) is 25.6. The summed E-state index contributed by atoms with van der Waals surface area (Å²) in [7, 11) is 4.26. The van der Waals surface area contributed by atoms with Crippen molar-refractivity contribution in [3.05, 3.63) is 46.5 Å². The Morgan fingerprint density at radius 2 is 1.69 bits per heavy atom. The van der Waals surface area contributed by atoms with Crippen LogP contribution in [0.3, 0.4) is 0 Å². The first-order valence-corrected chi connectivity index (χ1v) is 14.8. The minimum Gasteiger partial charge on any atom is -0.507 e. The van der Waals surface area contributed by atoms with Gasteiger partial charge >= 0.3 is 5.97 Å². The Balaban J connectivity index is 2.25. The van der Waals surface area contributed by atoms with E-state index < -0.39 is 47.3 Å². The third-order valence-electron chi connectivity index (χ3n) is 7.68. The minimum atomic E-state index is -1.09. The van der Waals surface area contributed by atoms with Crippen LogP contribution in [0.4, 0.5) is 0 Å². The lowest BCUT2D eigenvalue weighted by molar-refractivity contribution is -0.127. The van der Waals surface area contributed by atoms with Crippen molar-refractivity contribution in [1.82, 2.24) is 5.32 Å². The molecule has 0 spiro atoms. The number of aromatic hydroxyl groups is 2. The van der Waals surface area contributed by atoms with E-state index in [1.165, 1.54) is 34.3 Å². The number of rotatable bonds is 9. The maximum Gasteiger partial charge on any atom is 0.342 e. The fourth-order valence-corrected chi connectivity index (χ4v) is 5.27. The van der Waals surface area contributed by atoms with Gasteiger partial charge in [-0.15, -0.1) is 0 Å². The number of hydrogen-bond acceptors (Lipinski definition) is 10. The third-order valence-corrected chi connectivity index (χ3v) is 7.68. The number of carbonyl (C=O) groups excluding carboxylic acids is 4. The number of phenols is 2. The Hall–Kier alpha value is -4.74. The first-order valence-electron chi connectivity index (χ1n) is 14.8. The number of allylic oxidation sites excluding steroid dienone is 1. The van der Waals surface area contributed by atoms with Crippen molar-refractivity contribution in [1.29, 1.82) is 0 Å². The predicted octanol–water partition coefficient (Wildman–Crippen LogP) is 4.12. The molecule has 1 aliphatic heterocycles. The molecule has 3 atom stereocenters. The number of esters is 1. The number of ether oxygens (including phenoxy) is 4. The number of phenolic OH excluding ortho intramolecular Hbond substituents is 2. The second kappa shape index (κ2) is 15.8. The van der Waals surface area contributed by atoms with Crippen LogP contribution < -0.4 is 25.3 Å². The van der Waals surface area contributed by atoms with Gasteiger partial charge < -0.3 is 40.2 Å². The molecule has 0 saturated carbocycles. The average molecular weight is 627 g/mol. The predicted molar refractivity (Wildman–Crippen MR) is 166 cm³/mol. The Morgan fingerprint density at radius 1 is 1.04 bits per heavy atom. The number of nitrogens with one attached hydrogen (secondary N) is 1. The van der Waals surface area contributed by atoms with Gasteiger partial charge in [0.15, 0.2) is 11.5 Å². The number of fused-ring (bicyclic) bond motifs is 1. The van der Waals surface area contributed by atoms with E-state index in [0.29, 0.717) is 44.1 Å². The molecular formula is C33H42N2O10. The molecule has 2 aromatic rings. The third kappa shape index (κ3) is 8.68. The van der Waals surface area contributed by atoms with E-state index in [2.05, 4.69) is 5.32 Å². The van der Waals surface area contributed by atoms with E-state index in [4.69, 9.17) is 24.7 Å². The molecular weight excluding hydrogens is 584 g/mol. The van der Waals surface area contributed by atoms with Crippen molar-refractivity contribution >= 4 is 29.6 Å². The molecule has 3 unspecified atom stereocenters. The lowest BCUT2D eigenvalue weighted by Gasteiger charge is -2.25. The van der Waals surface area contributed by atoms with E-state index >= 15 is 0 Å². The minimum absolute atomic E-state index is 0.130. The van der Waals surface area contributed by atoms with Gasteiger partial charge in [-0.05, 0) is 68.9 Å². The molecule has 12 heteroatoms. The molecule has 0 aliphatic carbocycles. The molecule has 12 nitrogen and oxygen atoms in total. The number of cyclic esters (lactones) is 1. The molecule has 45 heavy (non-hydrogen) atoms. The van der Waals surface area contributed by atoms with Crippen LogP contribution in [0.1, 0.15) is 91.8 Å². The zero-order chi connectivity index (χ0) is 33.3. The van der Waals surface area contributed by atoms with E-state index in [-0.39, 0.29) is 46.1 Å². The summed E-state index contributed by atoms with van der Waals surface area (Å²) < 4.78 is 22.1. The quantitative estimate of drug-likeness (QED) is 0.295. The molecule has 244 valence electrons. The van der Waals surface area contributed by atoms with Crippen molar-refractivity contribution in [3.8, 4) is 28.7 Å². The molecule has 2 amide bonds. The van der Waals surface area contributed by atoms with Crippen LogP contribution in [0.2, 0.25) is 0 Å². The average Bonchev–Trinajstić information content (AvgIpc) is 2.98. The monoisotopic (exact) mass is 626 g/mol.